The van der Waals surface area contributed by atoms with Crippen LogP contribution in [0, 0.1) is 5.92 Å². The second-order valence-corrected chi connectivity index (χ2v) is 5.11. The van der Waals surface area contributed by atoms with Crippen LogP contribution in [-0.2, 0) is 0 Å². The van der Waals surface area contributed by atoms with Gasteiger partial charge in [-0.15, -0.1) is 0 Å². The summed E-state index contributed by atoms with van der Waals surface area (Å²) >= 11 is 3.71. The molecule has 1 aliphatic rings. The highest BCUT2D eigenvalue weighted by molar-refractivity contribution is 9.09. The maximum Gasteiger partial charge on any atom is 0.0397 e. The van der Waals surface area contributed by atoms with Crippen molar-refractivity contribution in [3.63, 3.8) is 0 Å². The minimum atomic E-state index is 0.681. The second-order valence-electron chi connectivity index (χ2n) is 3.93. The quantitative estimate of drug-likeness (QED) is 0.717. The van der Waals surface area contributed by atoms with Crippen molar-refractivity contribution in [2.45, 2.75) is 18.2 Å². The first kappa shape index (κ1) is 9.97. The Bertz CT molecular complexity index is 289. The summed E-state index contributed by atoms with van der Waals surface area (Å²) in [5, 5.41) is 0. The van der Waals surface area contributed by atoms with Crippen LogP contribution in [0.25, 0.3) is 0 Å². The highest BCUT2D eigenvalue weighted by atomic mass is 79.9. The Kier molecular flexibility index (Phi) is 3.06. The van der Waals surface area contributed by atoms with E-state index in [0.717, 1.165) is 19.0 Å². The first-order valence-corrected chi connectivity index (χ1v) is 5.98. The highest BCUT2D eigenvalue weighted by Crippen LogP contribution is 2.26. The Morgan fingerprint density at radius 1 is 1.43 bits per heavy atom. The summed E-state index contributed by atoms with van der Waals surface area (Å²) in [6.07, 6.45) is 4.95. The second kappa shape index (κ2) is 4.30. The third-order valence-electron chi connectivity index (χ3n) is 2.83. The fourth-order valence-corrected chi connectivity index (χ4v) is 2.28. The number of anilines is 1. The molecule has 2 heterocycles. The molecule has 1 fully saturated rings. The maximum atomic E-state index is 4.04. The standard InChI is InChI=1S/C11H15BrN2/c1-9-8-14(7-4-11(9)12)10-2-5-13-6-3-10/h2-3,5-6,9,11H,4,7-8H2,1H3. The molecule has 14 heavy (non-hydrogen) atoms. The van der Waals surface area contributed by atoms with Gasteiger partial charge in [-0.1, -0.05) is 22.9 Å². The largest absolute Gasteiger partial charge is 0.371 e. The lowest BCUT2D eigenvalue weighted by Crippen LogP contribution is -2.39. The lowest BCUT2D eigenvalue weighted by Gasteiger charge is -2.35. The van der Waals surface area contributed by atoms with Gasteiger partial charge in [0.1, 0.15) is 0 Å². The summed E-state index contributed by atoms with van der Waals surface area (Å²) < 4.78 is 0. The van der Waals surface area contributed by atoms with Gasteiger partial charge in [-0.2, -0.15) is 0 Å². The molecule has 0 amide bonds. The molecule has 0 bridgehead atoms. The molecule has 1 saturated heterocycles. The monoisotopic (exact) mass is 254 g/mol. The molecule has 0 radical (unpaired) electrons. The minimum absolute atomic E-state index is 0.681. The SMILES string of the molecule is CC1CN(c2ccncc2)CCC1Br. The molecule has 0 saturated carbocycles. The van der Waals surface area contributed by atoms with Crippen molar-refractivity contribution >= 4 is 21.6 Å². The molecular formula is C11H15BrN2. The van der Waals surface area contributed by atoms with Gasteiger partial charge >= 0.3 is 0 Å². The van der Waals surface area contributed by atoms with Gasteiger partial charge in [0.25, 0.3) is 0 Å². The van der Waals surface area contributed by atoms with Crippen LogP contribution in [-0.4, -0.2) is 22.9 Å². The maximum absolute atomic E-state index is 4.04. The molecule has 0 spiro atoms. The summed E-state index contributed by atoms with van der Waals surface area (Å²) in [5.41, 5.74) is 1.30. The van der Waals surface area contributed by atoms with E-state index in [1.807, 2.05) is 12.4 Å². The van der Waals surface area contributed by atoms with Gasteiger partial charge in [0.05, 0.1) is 0 Å². The molecule has 1 aliphatic heterocycles. The van der Waals surface area contributed by atoms with Crippen LogP contribution in [0.15, 0.2) is 24.5 Å². The average molecular weight is 255 g/mol. The van der Waals surface area contributed by atoms with Crippen LogP contribution >= 0.6 is 15.9 Å². The molecule has 0 aliphatic carbocycles. The number of hydrogen-bond acceptors (Lipinski definition) is 2. The lowest BCUT2D eigenvalue weighted by molar-refractivity contribution is 0.466. The zero-order valence-corrected chi connectivity index (χ0v) is 9.94. The van der Waals surface area contributed by atoms with Gasteiger partial charge in [-0.3, -0.25) is 4.98 Å². The fraction of sp³-hybridized carbons (Fsp3) is 0.545. The third kappa shape index (κ3) is 2.08. The van der Waals surface area contributed by atoms with Crippen LogP contribution in [0.5, 0.6) is 0 Å². The van der Waals surface area contributed by atoms with Gasteiger partial charge < -0.3 is 4.90 Å². The van der Waals surface area contributed by atoms with Crippen molar-refractivity contribution in [3.8, 4) is 0 Å². The normalized spacial score (nSPS) is 27.7. The van der Waals surface area contributed by atoms with E-state index in [-0.39, 0.29) is 0 Å². The van der Waals surface area contributed by atoms with Crippen molar-refractivity contribution in [2.75, 3.05) is 18.0 Å². The van der Waals surface area contributed by atoms with E-state index in [1.54, 1.807) is 0 Å². The van der Waals surface area contributed by atoms with Crippen molar-refractivity contribution in [3.05, 3.63) is 24.5 Å². The van der Waals surface area contributed by atoms with E-state index in [2.05, 4.69) is 44.9 Å². The number of rotatable bonds is 1. The average Bonchev–Trinajstić information content (AvgIpc) is 2.23. The Balaban J connectivity index is 2.07. The first-order chi connectivity index (χ1) is 6.77. The van der Waals surface area contributed by atoms with E-state index in [4.69, 9.17) is 0 Å². The fourth-order valence-electron chi connectivity index (χ4n) is 1.91. The Morgan fingerprint density at radius 3 is 2.79 bits per heavy atom. The van der Waals surface area contributed by atoms with Gasteiger partial charge in [0, 0.05) is 36.0 Å². The molecular weight excluding hydrogens is 240 g/mol. The summed E-state index contributed by atoms with van der Waals surface area (Å²) in [6, 6.07) is 4.17. The third-order valence-corrected chi connectivity index (χ3v) is 4.19. The number of halogens is 1. The summed E-state index contributed by atoms with van der Waals surface area (Å²) in [5.74, 6) is 0.719. The molecule has 76 valence electrons. The predicted molar refractivity (Wildman–Crippen MR) is 62.9 cm³/mol. The highest BCUT2D eigenvalue weighted by Gasteiger charge is 2.23. The van der Waals surface area contributed by atoms with E-state index < -0.39 is 0 Å². The van der Waals surface area contributed by atoms with E-state index in [0.29, 0.717) is 4.83 Å². The van der Waals surface area contributed by atoms with Crippen molar-refractivity contribution in [1.82, 2.24) is 4.98 Å². The number of nitrogens with zero attached hydrogens (tertiary/aromatic N) is 2. The predicted octanol–water partition coefficient (Wildman–Crippen LogP) is 2.69. The Morgan fingerprint density at radius 2 is 2.14 bits per heavy atom. The van der Waals surface area contributed by atoms with Crippen LogP contribution in [0.1, 0.15) is 13.3 Å². The minimum Gasteiger partial charge on any atom is -0.371 e. The van der Waals surface area contributed by atoms with Crippen molar-refractivity contribution in [2.24, 2.45) is 5.92 Å². The number of alkyl halides is 1. The molecule has 1 aromatic rings. The van der Waals surface area contributed by atoms with Crippen LogP contribution < -0.4 is 4.90 Å². The number of hydrogen-bond donors (Lipinski definition) is 0. The van der Waals surface area contributed by atoms with Crippen molar-refractivity contribution < 1.29 is 0 Å². The van der Waals surface area contributed by atoms with Gasteiger partial charge in [0.2, 0.25) is 0 Å². The molecule has 2 rings (SSSR count). The van der Waals surface area contributed by atoms with Crippen molar-refractivity contribution in [1.29, 1.82) is 0 Å². The van der Waals surface area contributed by atoms with Gasteiger partial charge in [-0.25, -0.2) is 0 Å². The summed E-state index contributed by atoms with van der Waals surface area (Å²) in [6.45, 7) is 4.58. The van der Waals surface area contributed by atoms with Gasteiger partial charge in [-0.05, 0) is 24.5 Å². The zero-order valence-electron chi connectivity index (χ0n) is 8.36. The lowest BCUT2D eigenvalue weighted by atomic mass is 10.00. The smallest absolute Gasteiger partial charge is 0.0397 e. The van der Waals surface area contributed by atoms with Crippen LogP contribution in [0.3, 0.4) is 0 Å². The Labute approximate surface area is 93.5 Å². The summed E-state index contributed by atoms with van der Waals surface area (Å²) in [7, 11) is 0. The van der Waals surface area contributed by atoms with E-state index >= 15 is 0 Å². The first-order valence-electron chi connectivity index (χ1n) is 5.06. The van der Waals surface area contributed by atoms with Gasteiger partial charge in [0.15, 0.2) is 0 Å². The number of aromatic nitrogens is 1. The molecule has 2 unspecified atom stereocenters. The summed E-state index contributed by atoms with van der Waals surface area (Å²) in [4.78, 5) is 7.15. The molecule has 2 nitrogen and oxygen atoms in total. The molecule has 2 atom stereocenters. The molecule has 0 N–H and O–H groups in total. The molecule has 1 aromatic heterocycles. The Hall–Kier alpha value is -0.570. The molecule has 3 heteroatoms. The number of pyridine rings is 1. The van der Waals surface area contributed by atoms with E-state index in [1.165, 1.54) is 12.1 Å². The molecule has 0 aromatic carbocycles. The van der Waals surface area contributed by atoms with E-state index in [9.17, 15) is 0 Å². The van der Waals surface area contributed by atoms with Crippen LogP contribution in [0.4, 0.5) is 5.69 Å². The topological polar surface area (TPSA) is 16.1 Å². The van der Waals surface area contributed by atoms with Crippen LogP contribution in [0.2, 0.25) is 0 Å². The number of piperidine rings is 1. The zero-order chi connectivity index (χ0) is 9.97.